The summed E-state index contributed by atoms with van der Waals surface area (Å²) in [6.45, 7) is 1.47. The Bertz CT molecular complexity index is 1890. The topological polar surface area (TPSA) is 93.6 Å². The SMILES string of the molecule is CCc1cc(Br)cc2c(C(=O)OCC(=O)c3ccc(Cl)cc3Cl)cc(-c3ccc(N4C(=O)C5CC(Br)C(Br)CC5C4=O)cc3)nc12. The third-order valence-electron chi connectivity index (χ3n) is 8.46. The van der Waals surface area contributed by atoms with Crippen molar-refractivity contribution in [3.05, 3.63) is 91.9 Å². The number of Topliss-reactive ketones (excluding diaryl/α,β-unsaturated/α-hetero) is 1. The third kappa shape index (κ3) is 6.31. The number of hydrogen-bond donors (Lipinski definition) is 0. The van der Waals surface area contributed by atoms with E-state index < -0.39 is 18.4 Å². The molecule has 1 aliphatic heterocycles. The first-order chi connectivity index (χ1) is 22.0. The van der Waals surface area contributed by atoms with Crippen molar-refractivity contribution in [1.29, 1.82) is 0 Å². The molecule has 12 heteroatoms. The zero-order valence-corrected chi connectivity index (χ0v) is 30.5. The van der Waals surface area contributed by atoms with Crippen LogP contribution in [-0.4, -0.2) is 44.8 Å². The predicted octanol–water partition coefficient (Wildman–Crippen LogP) is 9.00. The van der Waals surface area contributed by atoms with Gasteiger partial charge in [0.15, 0.2) is 6.61 Å². The zero-order valence-electron chi connectivity index (χ0n) is 24.2. The van der Waals surface area contributed by atoms with E-state index in [1.165, 1.54) is 17.0 Å². The fourth-order valence-corrected chi connectivity index (χ4v) is 8.34. The lowest BCUT2D eigenvalue weighted by molar-refractivity contribution is -0.122. The third-order valence-corrected chi connectivity index (χ3v) is 12.2. The Hall–Kier alpha value is -2.63. The van der Waals surface area contributed by atoms with Crippen molar-refractivity contribution in [2.24, 2.45) is 11.8 Å². The Kier molecular flexibility index (Phi) is 9.75. The Labute approximate surface area is 300 Å². The second-order valence-corrected chi connectivity index (χ2v) is 15.4. The maximum atomic E-state index is 13.5. The minimum atomic E-state index is -0.699. The standard InChI is InChI=1S/C34H25Br3Cl2N2O5/c1-2-16-9-18(35)10-22-25(34(45)46-15-30(42)21-8-5-19(38)11-28(21)39)14-29(40-31(16)22)17-3-6-20(7-4-17)41-32(43)23-12-26(36)27(37)13-24(23)33(41)44/h3-11,14,23-24,26-27H,2,12-13,15H2,1H3. The molecule has 7 nitrogen and oxygen atoms in total. The Balaban J connectivity index is 1.32. The molecule has 0 bridgehead atoms. The summed E-state index contributed by atoms with van der Waals surface area (Å²) < 4.78 is 6.27. The first-order valence-electron chi connectivity index (χ1n) is 14.5. The highest BCUT2D eigenvalue weighted by Gasteiger charge is 2.52. The first kappa shape index (κ1) is 33.3. The van der Waals surface area contributed by atoms with Crippen molar-refractivity contribution in [3.8, 4) is 11.3 Å². The number of fused-ring (bicyclic) bond motifs is 2. The number of halogens is 5. The number of ketones is 1. The Morgan fingerprint density at radius 3 is 2.17 bits per heavy atom. The van der Waals surface area contributed by atoms with Crippen LogP contribution in [0.25, 0.3) is 22.2 Å². The van der Waals surface area contributed by atoms with Crippen molar-refractivity contribution >= 4 is 111 Å². The van der Waals surface area contributed by atoms with Gasteiger partial charge in [0.25, 0.3) is 0 Å². The van der Waals surface area contributed by atoms with Gasteiger partial charge in [-0.15, -0.1) is 0 Å². The van der Waals surface area contributed by atoms with E-state index >= 15 is 0 Å². The van der Waals surface area contributed by atoms with Crippen LogP contribution >= 0.6 is 71.0 Å². The number of carbonyl (C=O) groups excluding carboxylic acids is 4. The van der Waals surface area contributed by atoms with Crippen LogP contribution in [0.2, 0.25) is 10.0 Å². The van der Waals surface area contributed by atoms with Crippen LogP contribution in [0, 0.1) is 11.8 Å². The van der Waals surface area contributed by atoms with E-state index in [1.807, 2.05) is 13.0 Å². The van der Waals surface area contributed by atoms with E-state index in [9.17, 15) is 19.2 Å². The summed E-state index contributed by atoms with van der Waals surface area (Å²) in [6.07, 6.45) is 1.83. The van der Waals surface area contributed by atoms with Gasteiger partial charge >= 0.3 is 5.97 Å². The molecule has 1 saturated heterocycles. The number of nitrogens with zero attached hydrogens (tertiary/aromatic N) is 2. The van der Waals surface area contributed by atoms with Gasteiger partial charge in [0.1, 0.15) is 0 Å². The molecule has 236 valence electrons. The highest BCUT2D eigenvalue weighted by Crippen LogP contribution is 2.44. The smallest absolute Gasteiger partial charge is 0.339 e. The van der Waals surface area contributed by atoms with Crippen LogP contribution in [0.5, 0.6) is 0 Å². The molecule has 4 atom stereocenters. The quantitative estimate of drug-likeness (QED) is 0.0798. The molecule has 1 saturated carbocycles. The fourth-order valence-electron chi connectivity index (χ4n) is 6.08. The highest BCUT2D eigenvalue weighted by atomic mass is 79.9. The maximum absolute atomic E-state index is 13.5. The number of rotatable bonds is 7. The molecule has 0 spiro atoms. The molecule has 2 heterocycles. The van der Waals surface area contributed by atoms with E-state index in [-0.39, 0.29) is 49.5 Å². The average molecular weight is 852 g/mol. The van der Waals surface area contributed by atoms with Gasteiger partial charge < -0.3 is 4.74 Å². The van der Waals surface area contributed by atoms with E-state index in [1.54, 1.807) is 42.5 Å². The Morgan fingerprint density at radius 1 is 0.913 bits per heavy atom. The van der Waals surface area contributed by atoms with E-state index in [2.05, 4.69) is 47.8 Å². The number of carbonyl (C=O) groups is 4. The second-order valence-electron chi connectivity index (χ2n) is 11.3. The van der Waals surface area contributed by atoms with Crippen LogP contribution in [0.15, 0.2) is 65.1 Å². The van der Waals surface area contributed by atoms with Gasteiger partial charge in [-0.3, -0.25) is 19.3 Å². The van der Waals surface area contributed by atoms with E-state index in [4.69, 9.17) is 32.9 Å². The fraction of sp³-hybridized carbons (Fsp3) is 0.265. The molecule has 2 aliphatic rings. The molecule has 6 rings (SSSR count). The number of aryl methyl sites for hydroxylation is 1. The average Bonchev–Trinajstić information content (AvgIpc) is 3.26. The van der Waals surface area contributed by atoms with Gasteiger partial charge in [0, 0.05) is 35.7 Å². The summed E-state index contributed by atoms with van der Waals surface area (Å²) in [5.41, 5.74) is 3.61. The lowest BCUT2D eigenvalue weighted by Crippen LogP contribution is -2.34. The molecule has 1 aliphatic carbocycles. The summed E-state index contributed by atoms with van der Waals surface area (Å²) in [5.74, 6) is -2.24. The molecular formula is C34H25Br3Cl2N2O5. The molecule has 4 unspecified atom stereocenters. The van der Waals surface area contributed by atoms with Crippen LogP contribution < -0.4 is 4.90 Å². The van der Waals surface area contributed by atoms with Gasteiger partial charge in [0.2, 0.25) is 17.6 Å². The van der Waals surface area contributed by atoms with Crippen LogP contribution in [0.1, 0.15) is 46.0 Å². The largest absolute Gasteiger partial charge is 0.454 e. The van der Waals surface area contributed by atoms with Gasteiger partial charge in [-0.2, -0.15) is 0 Å². The molecule has 0 N–H and O–H groups in total. The number of benzene rings is 3. The van der Waals surface area contributed by atoms with Gasteiger partial charge in [-0.25, -0.2) is 9.78 Å². The molecule has 1 aromatic heterocycles. The van der Waals surface area contributed by atoms with Crippen LogP contribution in [0.4, 0.5) is 5.69 Å². The summed E-state index contributed by atoms with van der Waals surface area (Å²) >= 11 is 22.9. The van der Waals surface area contributed by atoms with Crippen molar-refractivity contribution in [2.75, 3.05) is 11.5 Å². The maximum Gasteiger partial charge on any atom is 0.339 e. The van der Waals surface area contributed by atoms with Crippen molar-refractivity contribution in [2.45, 2.75) is 35.8 Å². The molecule has 46 heavy (non-hydrogen) atoms. The monoisotopic (exact) mass is 848 g/mol. The number of aromatic nitrogens is 1. The molecule has 2 amide bonds. The van der Waals surface area contributed by atoms with Crippen LogP contribution in [0.3, 0.4) is 0 Å². The van der Waals surface area contributed by atoms with Gasteiger partial charge in [-0.1, -0.05) is 90.0 Å². The highest BCUT2D eigenvalue weighted by molar-refractivity contribution is 9.12. The number of pyridine rings is 1. The molecule has 0 radical (unpaired) electrons. The number of imide groups is 1. The van der Waals surface area contributed by atoms with Crippen LogP contribution in [-0.2, 0) is 20.7 Å². The van der Waals surface area contributed by atoms with Crippen molar-refractivity contribution in [1.82, 2.24) is 4.98 Å². The molecular weight excluding hydrogens is 827 g/mol. The van der Waals surface area contributed by atoms with Crippen molar-refractivity contribution < 1.29 is 23.9 Å². The van der Waals surface area contributed by atoms with E-state index in [0.29, 0.717) is 52.1 Å². The number of esters is 1. The van der Waals surface area contributed by atoms with E-state index in [0.717, 1.165) is 10.0 Å². The lowest BCUT2D eigenvalue weighted by Gasteiger charge is -2.29. The number of amides is 2. The van der Waals surface area contributed by atoms with Gasteiger partial charge in [-0.05, 0) is 73.4 Å². The summed E-state index contributed by atoms with van der Waals surface area (Å²) in [7, 11) is 0. The summed E-state index contributed by atoms with van der Waals surface area (Å²) in [6, 6.07) is 16.8. The number of ether oxygens (including phenoxy) is 1. The zero-order chi connectivity index (χ0) is 32.9. The molecule has 2 fully saturated rings. The minimum absolute atomic E-state index is 0.120. The molecule has 3 aromatic carbocycles. The minimum Gasteiger partial charge on any atom is -0.454 e. The molecule has 4 aromatic rings. The summed E-state index contributed by atoms with van der Waals surface area (Å²) in [4.78, 5) is 59.5. The van der Waals surface area contributed by atoms with Gasteiger partial charge in [0.05, 0.1) is 39.3 Å². The number of anilines is 1. The van der Waals surface area contributed by atoms with Crippen molar-refractivity contribution in [3.63, 3.8) is 0 Å². The predicted molar refractivity (Wildman–Crippen MR) is 189 cm³/mol. The number of alkyl halides is 2. The second kappa shape index (κ2) is 13.5. The number of hydrogen-bond acceptors (Lipinski definition) is 6. The lowest BCUT2D eigenvalue weighted by atomic mass is 9.81. The Morgan fingerprint density at radius 2 is 1.57 bits per heavy atom. The normalized spacial score (nSPS) is 21.0. The summed E-state index contributed by atoms with van der Waals surface area (Å²) in [5, 5.41) is 1.12. The first-order valence-corrected chi connectivity index (χ1v) is 17.9.